The summed E-state index contributed by atoms with van der Waals surface area (Å²) in [6.45, 7) is 4.52. The third-order valence-electron chi connectivity index (χ3n) is 9.47. The molecule has 0 aliphatic rings. The molecule has 0 aliphatic carbocycles. The highest BCUT2D eigenvalue weighted by Crippen LogP contribution is 2.33. The Kier molecular flexibility index (Phi) is 15.5. The first-order valence-corrected chi connectivity index (χ1v) is 18.4. The van der Waals surface area contributed by atoms with Crippen molar-refractivity contribution < 1.29 is 8.78 Å². The first-order chi connectivity index (χ1) is 22.6. The molecular weight excluding hydrogens is 566 g/mol. The summed E-state index contributed by atoms with van der Waals surface area (Å²) in [4.78, 5) is 0. The summed E-state index contributed by atoms with van der Waals surface area (Å²) >= 11 is 0. The lowest BCUT2D eigenvalue weighted by molar-refractivity contribution is 0.514. The van der Waals surface area contributed by atoms with Crippen LogP contribution in [0.15, 0.2) is 84.9 Å². The molecule has 0 aromatic heterocycles. The maximum atomic E-state index is 15.4. The molecule has 0 nitrogen and oxygen atoms in total. The van der Waals surface area contributed by atoms with Crippen LogP contribution in [-0.4, -0.2) is 0 Å². The summed E-state index contributed by atoms with van der Waals surface area (Å²) in [5.41, 5.74) is 6.83. The standard InChI is InChI=1S/C44H56F2/c1-3-5-7-9-11-12-13-14-16-18-20-36-23-27-39(28-24-36)41-33-34-42(44(46)43(41)45)40-31-29-38(30-32-40)37-25-21-35(22-26-37)19-17-15-10-8-6-4-2/h21-34H,3-20H2,1-2H3. The minimum Gasteiger partial charge on any atom is -0.203 e. The quantitative estimate of drug-likeness (QED) is 0.0811. The van der Waals surface area contributed by atoms with Gasteiger partial charge in [-0.2, -0.15) is 0 Å². The lowest BCUT2D eigenvalue weighted by Gasteiger charge is -2.11. The third kappa shape index (κ3) is 11.2. The Morgan fingerprint density at radius 3 is 0.978 bits per heavy atom. The van der Waals surface area contributed by atoms with Crippen molar-refractivity contribution in [2.45, 2.75) is 129 Å². The van der Waals surface area contributed by atoms with E-state index >= 15 is 8.78 Å². The lowest BCUT2D eigenvalue weighted by atomic mass is 9.95. The molecule has 0 atom stereocenters. The van der Waals surface area contributed by atoms with E-state index in [1.807, 2.05) is 36.4 Å². The van der Waals surface area contributed by atoms with Gasteiger partial charge in [0.15, 0.2) is 11.6 Å². The summed E-state index contributed by atoms with van der Waals surface area (Å²) in [6.07, 6.45) is 23.3. The molecular formula is C44H56F2. The first kappa shape index (κ1) is 35.6. The van der Waals surface area contributed by atoms with Crippen molar-refractivity contribution in [2.75, 3.05) is 0 Å². The number of hydrogen-bond donors (Lipinski definition) is 0. The van der Waals surface area contributed by atoms with Gasteiger partial charge in [-0.15, -0.1) is 0 Å². The number of unbranched alkanes of at least 4 members (excludes halogenated alkanes) is 14. The normalized spacial score (nSPS) is 11.3. The minimum atomic E-state index is -0.793. The Balaban J connectivity index is 1.27. The summed E-state index contributed by atoms with van der Waals surface area (Å²) in [5.74, 6) is -1.58. The van der Waals surface area contributed by atoms with Crippen molar-refractivity contribution >= 4 is 0 Å². The topological polar surface area (TPSA) is 0 Å². The molecule has 2 heteroatoms. The zero-order valence-corrected chi connectivity index (χ0v) is 28.6. The molecule has 0 bridgehead atoms. The van der Waals surface area contributed by atoms with Crippen LogP contribution in [0, 0.1) is 11.6 Å². The van der Waals surface area contributed by atoms with Gasteiger partial charge in [-0.3, -0.25) is 0 Å². The lowest BCUT2D eigenvalue weighted by Crippen LogP contribution is -1.94. The van der Waals surface area contributed by atoms with E-state index in [2.05, 4.69) is 50.2 Å². The molecule has 0 amide bonds. The highest BCUT2D eigenvalue weighted by molar-refractivity contribution is 5.74. The second kappa shape index (κ2) is 20.1. The maximum absolute atomic E-state index is 15.4. The van der Waals surface area contributed by atoms with Gasteiger partial charge in [0.25, 0.3) is 0 Å². The van der Waals surface area contributed by atoms with Crippen LogP contribution in [0.2, 0.25) is 0 Å². The second-order valence-corrected chi connectivity index (χ2v) is 13.2. The van der Waals surface area contributed by atoms with Crippen molar-refractivity contribution in [3.05, 3.63) is 108 Å². The molecule has 0 fully saturated rings. The van der Waals surface area contributed by atoms with Crippen LogP contribution in [0.25, 0.3) is 33.4 Å². The summed E-state index contributed by atoms with van der Waals surface area (Å²) in [7, 11) is 0. The number of rotatable bonds is 21. The fourth-order valence-corrected chi connectivity index (χ4v) is 6.48. The molecule has 0 saturated heterocycles. The predicted molar refractivity (Wildman–Crippen MR) is 195 cm³/mol. The van der Waals surface area contributed by atoms with Crippen LogP contribution in [0.1, 0.15) is 128 Å². The Labute approximate surface area is 278 Å². The molecule has 4 rings (SSSR count). The van der Waals surface area contributed by atoms with Gasteiger partial charge in [-0.05, 0) is 59.1 Å². The van der Waals surface area contributed by atoms with Crippen molar-refractivity contribution in [3.63, 3.8) is 0 Å². The van der Waals surface area contributed by atoms with Crippen LogP contribution in [0.4, 0.5) is 8.78 Å². The van der Waals surface area contributed by atoms with Crippen LogP contribution in [-0.2, 0) is 12.8 Å². The molecule has 0 radical (unpaired) electrons. The van der Waals surface area contributed by atoms with E-state index in [4.69, 9.17) is 0 Å². The fraction of sp³-hybridized carbons (Fsp3) is 0.455. The molecule has 0 spiro atoms. The zero-order valence-electron chi connectivity index (χ0n) is 28.6. The van der Waals surface area contributed by atoms with E-state index in [-0.39, 0.29) is 0 Å². The average Bonchev–Trinajstić information content (AvgIpc) is 3.09. The second-order valence-electron chi connectivity index (χ2n) is 13.2. The van der Waals surface area contributed by atoms with E-state index in [1.54, 1.807) is 12.1 Å². The maximum Gasteiger partial charge on any atom is 0.167 e. The minimum absolute atomic E-state index is 0.291. The molecule has 0 N–H and O–H groups in total. The van der Waals surface area contributed by atoms with Gasteiger partial charge < -0.3 is 0 Å². The first-order valence-electron chi connectivity index (χ1n) is 18.4. The van der Waals surface area contributed by atoms with Gasteiger partial charge in [-0.25, -0.2) is 8.78 Å². The summed E-state index contributed by atoms with van der Waals surface area (Å²) in [6, 6.07) is 27.9. The number of aryl methyl sites for hydroxylation is 2. The van der Waals surface area contributed by atoms with Crippen molar-refractivity contribution in [1.29, 1.82) is 0 Å². The average molecular weight is 623 g/mol. The monoisotopic (exact) mass is 622 g/mol. The highest BCUT2D eigenvalue weighted by atomic mass is 19.2. The largest absolute Gasteiger partial charge is 0.203 e. The Morgan fingerprint density at radius 1 is 0.326 bits per heavy atom. The zero-order chi connectivity index (χ0) is 32.4. The molecule has 0 saturated carbocycles. The summed E-state index contributed by atoms with van der Waals surface area (Å²) < 4.78 is 30.7. The Bertz CT molecular complexity index is 1400. The smallest absolute Gasteiger partial charge is 0.167 e. The summed E-state index contributed by atoms with van der Waals surface area (Å²) in [5, 5.41) is 0. The molecule has 4 aromatic carbocycles. The van der Waals surface area contributed by atoms with Crippen molar-refractivity contribution in [3.8, 4) is 33.4 Å². The fourth-order valence-electron chi connectivity index (χ4n) is 6.48. The highest BCUT2D eigenvalue weighted by Gasteiger charge is 2.16. The number of hydrogen-bond acceptors (Lipinski definition) is 0. The van der Waals surface area contributed by atoms with E-state index in [1.165, 1.54) is 114 Å². The molecule has 0 aliphatic heterocycles. The van der Waals surface area contributed by atoms with Gasteiger partial charge in [0.05, 0.1) is 0 Å². The van der Waals surface area contributed by atoms with Crippen LogP contribution < -0.4 is 0 Å². The van der Waals surface area contributed by atoms with Crippen LogP contribution >= 0.6 is 0 Å². The molecule has 46 heavy (non-hydrogen) atoms. The van der Waals surface area contributed by atoms with Gasteiger partial charge in [0.1, 0.15) is 0 Å². The molecule has 4 aromatic rings. The van der Waals surface area contributed by atoms with Gasteiger partial charge in [-0.1, -0.05) is 189 Å². The molecule has 0 heterocycles. The van der Waals surface area contributed by atoms with E-state index < -0.39 is 11.6 Å². The van der Waals surface area contributed by atoms with E-state index in [9.17, 15) is 0 Å². The number of benzene rings is 4. The van der Waals surface area contributed by atoms with Gasteiger partial charge in [0, 0.05) is 11.1 Å². The Hall–Kier alpha value is -3.26. The van der Waals surface area contributed by atoms with Crippen molar-refractivity contribution in [2.24, 2.45) is 0 Å². The van der Waals surface area contributed by atoms with Crippen molar-refractivity contribution in [1.82, 2.24) is 0 Å². The number of halogens is 2. The molecule has 0 unspecified atom stereocenters. The van der Waals surface area contributed by atoms with Crippen LogP contribution in [0.5, 0.6) is 0 Å². The van der Waals surface area contributed by atoms with E-state index in [0.29, 0.717) is 22.3 Å². The predicted octanol–water partition coefficient (Wildman–Crippen LogP) is 14.3. The third-order valence-corrected chi connectivity index (χ3v) is 9.47. The van der Waals surface area contributed by atoms with Gasteiger partial charge >= 0.3 is 0 Å². The molecule has 246 valence electrons. The van der Waals surface area contributed by atoms with Crippen LogP contribution in [0.3, 0.4) is 0 Å². The van der Waals surface area contributed by atoms with Gasteiger partial charge in [0.2, 0.25) is 0 Å². The van der Waals surface area contributed by atoms with E-state index in [0.717, 1.165) is 24.0 Å². The Morgan fingerprint density at radius 2 is 0.609 bits per heavy atom. The SMILES string of the molecule is CCCCCCCCCCCCc1ccc(-c2ccc(-c3ccc(-c4ccc(CCCCCCCC)cc4)cc3)c(F)c2F)cc1.